The van der Waals surface area contributed by atoms with Crippen LogP contribution < -0.4 is 9.47 Å². The molecule has 0 aliphatic rings. The van der Waals surface area contributed by atoms with Crippen molar-refractivity contribution in [1.29, 1.82) is 0 Å². The highest BCUT2D eigenvalue weighted by molar-refractivity contribution is 5.88. The lowest BCUT2D eigenvalue weighted by Gasteiger charge is -2.17. The number of carboxylic acid groups (broad SMARTS) is 1. The zero-order valence-corrected chi connectivity index (χ0v) is 14.1. The SMILES string of the molecule is CCC(OC)Oc1cc(OCc2ccccc2C)cc(C(=O)O)c1. The minimum absolute atomic E-state index is 0.109. The van der Waals surface area contributed by atoms with Crippen LogP contribution in [-0.4, -0.2) is 24.5 Å². The van der Waals surface area contributed by atoms with Crippen molar-refractivity contribution in [3.63, 3.8) is 0 Å². The Labute approximate surface area is 141 Å². The second-order valence-electron chi connectivity index (χ2n) is 5.40. The molecule has 0 saturated carbocycles. The topological polar surface area (TPSA) is 65.0 Å². The molecule has 2 aromatic rings. The van der Waals surface area contributed by atoms with Crippen molar-refractivity contribution in [3.05, 3.63) is 59.2 Å². The maximum Gasteiger partial charge on any atom is 0.335 e. The molecular weight excluding hydrogens is 308 g/mol. The van der Waals surface area contributed by atoms with Gasteiger partial charge in [-0.1, -0.05) is 31.2 Å². The van der Waals surface area contributed by atoms with E-state index in [1.165, 1.54) is 12.1 Å². The number of methoxy groups -OCH3 is 1. The molecule has 0 bridgehead atoms. The van der Waals surface area contributed by atoms with E-state index in [-0.39, 0.29) is 5.56 Å². The highest BCUT2D eigenvalue weighted by atomic mass is 16.7. The largest absolute Gasteiger partial charge is 0.489 e. The quantitative estimate of drug-likeness (QED) is 0.740. The summed E-state index contributed by atoms with van der Waals surface area (Å²) in [6.07, 6.45) is 0.214. The minimum Gasteiger partial charge on any atom is -0.489 e. The van der Waals surface area contributed by atoms with Crippen LogP contribution in [0, 0.1) is 6.92 Å². The minimum atomic E-state index is -1.04. The molecule has 0 aromatic heterocycles. The molecule has 1 unspecified atom stereocenters. The summed E-state index contributed by atoms with van der Waals surface area (Å²) in [4.78, 5) is 11.3. The van der Waals surface area contributed by atoms with Crippen LogP contribution in [0.4, 0.5) is 0 Å². The molecule has 0 aliphatic heterocycles. The fourth-order valence-corrected chi connectivity index (χ4v) is 2.23. The molecular formula is C19H22O5. The van der Waals surface area contributed by atoms with E-state index in [0.29, 0.717) is 24.5 Å². The predicted octanol–water partition coefficient (Wildman–Crippen LogP) is 4.03. The first-order valence-corrected chi connectivity index (χ1v) is 7.78. The first-order valence-electron chi connectivity index (χ1n) is 7.78. The number of benzene rings is 2. The van der Waals surface area contributed by atoms with Gasteiger partial charge in [-0.05, 0) is 30.2 Å². The van der Waals surface area contributed by atoms with Crippen molar-refractivity contribution in [1.82, 2.24) is 0 Å². The third-order valence-electron chi connectivity index (χ3n) is 3.65. The van der Waals surface area contributed by atoms with Crippen LogP contribution in [0.25, 0.3) is 0 Å². The van der Waals surface area contributed by atoms with E-state index in [9.17, 15) is 9.90 Å². The zero-order valence-electron chi connectivity index (χ0n) is 14.1. The molecule has 128 valence electrons. The lowest BCUT2D eigenvalue weighted by atomic mass is 10.1. The molecule has 2 rings (SSSR count). The molecule has 1 atom stereocenters. The van der Waals surface area contributed by atoms with E-state index in [2.05, 4.69) is 0 Å². The molecule has 2 aromatic carbocycles. The number of aromatic carboxylic acids is 1. The second kappa shape index (κ2) is 8.36. The van der Waals surface area contributed by atoms with Gasteiger partial charge in [0.15, 0.2) is 6.29 Å². The lowest BCUT2D eigenvalue weighted by molar-refractivity contribution is -0.0549. The van der Waals surface area contributed by atoms with E-state index in [0.717, 1.165) is 11.1 Å². The number of carboxylic acids is 1. The zero-order chi connectivity index (χ0) is 17.5. The van der Waals surface area contributed by atoms with Gasteiger partial charge in [0.1, 0.15) is 18.1 Å². The average molecular weight is 330 g/mol. The Balaban J connectivity index is 2.20. The average Bonchev–Trinajstić information content (AvgIpc) is 2.58. The van der Waals surface area contributed by atoms with Gasteiger partial charge in [-0.15, -0.1) is 0 Å². The normalized spacial score (nSPS) is 11.8. The summed E-state index contributed by atoms with van der Waals surface area (Å²) >= 11 is 0. The van der Waals surface area contributed by atoms with Crippen molar-refractivity contribution in [2.75, 3.05) is 7.11 Å². The molecule has 1 N–H and O–H groups in total. The summed E-state index contributed by atoms with van der Waals surface area (Å²) < 4.78 is 16.6. The Bertz CT molecular complexity index is 692. The molecule has 24 heavy (non-hydrogen) atoms. The maximum atomic E-state index is 11.3. The molecule has 0 saturated heterocycles. The van der Waals surface area contributed by atoms with Crippen LogP contribution in [0.15, 0.2) is 42.5 Å². The molecule has 0 aliphatic carbocycles. The number of rotatable bonds is 8. The van der Waals surface area contributed by atoms with Crippen molar-refractivity contribution in [2.45, 2.75) is 33.2 Å². The first-order chi connectivity index (χ1) is 11.5. The van der Waals surface area contributed by atoms with Crippen LogP contribution in [0.1, 0.15) is 34.8 Å². The molecule has 0 heterocycles. The van der Waals surface area contributed by atoms with Crippen LogP contribution in [0.5, 0.6) is 11.5 Å². The summed E-state index contributed by atoms with van der Waals surface area (Å²) in [7, 11) is 1.55. The number of carbonyl (C=O) groups is 1. The van der Waals surface area contributed by atoms with E-state index in [1.54, 1.807) is 13.2 Å². The first kappa shape index (κ1) is 17.8. The molecule has 5 heteroatoms. The van der Waals surface area contributed by atoms with E-state index in [1.807, 2.05) is 38.1 Å². The van der Waals surface area contributed by atoms with Crippen molar-refractivity contribution in [2.24, 2.45) is 0 Å². The number of aryl methyl sites for hydroxylation is 1. The summed E-state index contributed by atoms with van der Waals surface area (Å²) in [6, 6.07) is 12.5. The van der Waals surface area contributed by atoms with Gasteiger partial charge in [0, 0.05) is 19.6 Å². The van der Waals surface area contributed by atoms with Crippen molar-refractivity contribution < 1.29 is 24.1 Å². The smallest absolute Gasteiger partial charge is 0.335 e. The van der Waals surface area contributed by atoms with Crippen LogP contribution in [0.2, 0.25) is 0 Å². The van der Waals surface area contributed by atoms with E-state index < -0.39 is 12.3 Å². The van der Waals surface area contributed by atoms with Crippen LogP contribution in [0.3, 0.4) is 0 Å². The molecule has 0 spiro atoms. The van der Waals surface area contributed by atoms with Gasteiger partial charge in [-0.25, -0.2) is 4.79 Å². The van der Waals surface area contributed by atoms with Gasteiger partial charge in [0.25, 0.3) is 0 Å². The van der Waals surface area contributed by atoms with Gasteiger partial charge >= 0.3 is 5.97 Å². The predicted molar refractivity (Wildman–Crippen MR) is 90.6 cm³/mol. The second-order valence-corrected chi connectivity index (χ2v) is 5.40. The standard InChI is InChI=1S/C19H22O5/c1-4-18(22-3)24-17-10-15(19(20)21)9-16(11-17)23-12-14-8-6-5-7-13(14)2/h5-11,18H,4,12H2,1-3H3,(H,20,21). The summed E-state index contributed by atoms with van der Waals surface area (Å²) in [5.41, 5.74) is 2.27. The van der Waals surface area contributed by atoms with Crippen molar-refractivity contribution in [3.8, 4) is 11.5 Å². The number of hydrogen-bond acceptors (Lipinski definition) is 4. The maximum absolute atomic E-state index is 11.3. The summed E-state index contributed by atoms with van der Waals surface area (Å²) in [5.74, 6) is -0.186. The fourth-order valence-electron chi connectivity index (χ4n) is 2.23. The highest BCUT2D eigenvalue weighted by Crippen LogP contribution is 2.25. The van der Waals surface area contributed by atoms with Gasteiger partial charge in [0.05, 0.1) is 5.56 Å². The third kappa shape index (κ3) is 4.73. The number of hydrogen-bond donors (Lipinski definition) is 1. The monoisotopic (exact) mass is 330 g/mol. The van der Waals surface area contributed by atoms with Crippen molar-refractivity contribution >= 4 is 5.97 Å². The Morgan fingerprint density at radius 2 is 1.88 bits per heavy atom. The van der Waals surface area contributed by atoms with Gasteiger partial charge < -0.3 is 19.3 Å². The van der Waals surface area contributed by atoms with Gasteiger partial charge in [0.2, 0.25) is 0 Å². The number of ether oxygens (including phenoxy) is 3. The Morgan fingerprint density at radius 3 is 2.50 bits per heavy atom. The van der Waals surface area contributed by atoms with E-state index in [4.69, 9.17) is 14.2 Å². The van der Waals surface area contributed by atoms with Crippen LogP contribution in [-0.2, 0) is 11.3 Å². The van der Waals surface area contributed by atoms with Gasteiger partial charge in [-0.3, -0.25) is 0 Å². The summed E-state index contributed by atoms with van der Waals surface area (Å²) in [6.45, 7) is 4.28. The Hall–Kier alpha value is -2.53. The molecule has 0 fully saturated rings. The molecule has 0 amide bonds. The lowest BCUT2D eigenvalue weighted by Crippen LogP contribution is -2.17. The Kier molecular flexibility index (Phi) is 6.21. The van der Waals surface area contributed by atoms with Crippen LogP contribution >= 0.6 is 0 Å². The van der Waals surface area contributed by atoms with E-state index >= 15 is 0 Å². The fraction of sp³-hybridized carbons (Fsp3) is 0.316. The molecule has 0 radical (unpaired) electrons. The highest BCUT2D eigenvalue weighted by Gasteiger charge is 2.12. The van der Waals surface area contributed by atoms with Gasteiger partial charge in [-0.2, -0.15) is 0 Å². The molecule has 5 nitrogen and oxygen atoms in total. The third-order valence-corrected chi connectivity index (χ3v) is 3.65. The Morgan fingerprint density at radius 1 is 1.17 bits per heavy atom. The summed E-state index contributed by atoms with van der Waals surface area (Å²) in [5, 5.41) is 9.27.